The van der Waals surface area contributed by atoms with Crippen LogP contribution in [-0.2, 0) is 6.42 Å². The van der Waals surface area contributed by atoms with Gasteiger partial charge in [-0.2, -0.15) is 0 Å². The second kappa shape index (κ2) is 6.96. The van der Waals surface area contributed by atoms with Crippen LogP contribution in [0.5, 0.6) is 0 Å². The highest BCUT2D eigenvalue weighted by Crippen LogP contribution is 2.35. The summed E-state index contributed by atoms with van der Waals surface area (Å²) in [7, 11) is 0. The molecule has 1 heterocycles. The Labute approximate surface area is 119 Å². The number of aryl methyl sites for hydroxylation is 1. The lowest BCUT2D eigenvalue weighted by atomic mass is 10.1. The molecule has 0 aliphatic rings. The molecule has 0 amide bonds. The molecular weight excluding hydrogens is 260 g/mol. The molecular formula is C16H19ClS. The number of halogens is 1. The minimum Gasteiger partial charge on any atom is -0.123 e. The number of hydrogen-bond acceptors (Lipinski definition) is 1. The molecule has 0 fully saturated rings. The summed E-state index contributed by atoms with van der Waals surface area (Å²) in [6.07, 6.45) is 6.28. The Morgan fingerprint density at radius 3 is 2.56 bits per heavy atom. The van der Waals surface area contributed by atoms with E-state index in [2.05, 4.69) is 37.3 Å². The van der Waals surface area contributed by atoms with Crippen LogP contribution in [0.3, 0.4) is 0 Å². The maximum atomic E-state index is 6.33. The Bertz CT molecular complexity index is 473. The quantitative estimate of drug-likeness (QED) is 0.553. The molecule has 0 saturated carbocycles. The third-order valence-electron chi connectivity index (χ3n) is 3.12. The summed E-state index contributed by atoms with van der Waals surface area (Å²) in [6, 6.07) is 12.7. The van der Waals surface area contributed by atoms with Gasteiger partial charge in [0, 0.05) is 4.88 Å². The molecule has 0 aliphatic carbocycles. The van der Waals surface area contributed by atoms with Crippen LogP contribution in [-0.4, -0.2) is 0 Å². The summed E-state index contributed by atoms with van der Waals surface area (Å²) in [5.74, 6) is 0. The van der Waals surface area contributed by atoms with Crippen LogP contribution < -0.4 is 0 Å². The van der Waals surface area contributed by atoms with Gasteiger partial charge in [0.25, 0.3) is 0 Å². The fourth-order valence-corrected chi connectivity index (χ4v) is 3.40. The van der Waals surface area contributed by atoms with Crippen LogP contribution in [0.2, 0.25) is 4.34 Å². The van der Waals surface area contributed by atoms with Crippen LogP contribution in [0.15, 0.2) is 36.4 Å². The number of unbranched alkanes of at least 4 members (excludes halogenated alkanes) is 3. The number of hydrogen-bond donors (Lipinski definition) is 0. The molecule has 0 nitrogen and oxygen atoms in total. The number of benzene rings is 1. The molecule has 0 aliphatic heterocycles. The largest absolute Gasteiger partial charge is 0.123 e. The van der Waals surface area contributed by atoms with E-state index in [1.54, 1.807) is 11.3 Å². The van der Waals surface area contributed by atoms with E-state index in [-0.39, 0.29) is 0 Å². The highest BCUT2D eigenvalue weighted by molar-refractivity contribution is 7.19. The SMILES string of the molecule is CCCCCCc1cc(-c2ccccc2)sc1Cl. The van der Waals surface area contributed by atoms with Crippen LogP contribution in [0, 0.1) is 0 Å². The normalized spacial score (nSPS) is 10.8. The summed E-state index contributed by atoms with van der Waals surface area (Å²) in [6.45, 7) is 2.24. The van der Waals surface area contributed by atoms with Gasteiger partial charge in [0.2, 0.25) is 0 Å². The Hall–Kier alpha value is -0.790. The van der Waals surface area contributed by atoms with Gasteiger partial charge in [-0.15, -0.1) is 11.3 Å². The van der Waals surface area contributed by atoms with Gasteiger partial charge in [0.1, 0.15) is 0 Å². The monoisotopic (exact) mass is 278 g/mol. The van der Waals surface area contributed by atoms with Crippen molar-refractivity contribution in [3.63, 3.8) is 0 Å². The lowest BCUT2D eigenvalue weighted by Crippen LogP contribution is -1.83. The molecule has 0 radical (unpaired) electrons. The molecule has 0 bridgehead atoms. The molecule has 0 saturated heterocycles. The van der Waals surface area contributed by atoms with Crippen molar-refractivity contribution < 1.29 is 0 Å². The van der Waals surface area contributed by atoms with Crippen molar-refractivity contribution in [1.82, 2.24) is 0 Å². The minimum absolute atomic E-state index is 0.963. The van der Waals surface area contributed by atoms with Gasteiger partial charge in [-0.3, -0.25) is 0 Å². The second-order valence-corrected chi connectivity index (χ2v) is 6.24. The predicted molar refractivity (Wildman–Crippen MR) is 82.6 cm³/mol. The molecule has 2 aromatic rings. The first-order valence-corrected chi connectivity index (χ1v) is 7.84. The first kappa shape index (κ1) is 13.6. The summed E-state index contributed by atoms with van der Waals surface area (Å²) >= 11 is 8.02. The zero-order valence-corrected chi connectivity index (χ0v) is 12.4. The molecule has 2 heteroatoms. The van der Waals surface area contributed by atoms with Crippen molar-refractivity contribution in [3.05, 3.63) is 46.3 Å². The van der Waals surface area contributed by atoms with Crippen molar-refractivity contribution in [2.75, 3.05) is 0 Å². The smallest absolute Gasteiger partial charge is 0.0966 e. The molecule has 1 aromatic heterocycles. The van der Waals surface area contributed by atoms with Gasteiger partial charge < -0.3 is 0 Å². The molecule has 2 rings (SSSR count). The highest BCUT2D eigenvalue weighted by atomic mass is 35.5. The Kier molecular flexibility index (Phi) is 5.27. The highest BCUT2D eigenvalue weighted by Gasteiger charge is 2.08. The molecule has 0 spiro atoms. The van der Waals surface area contributed by atoms with Gasteiger partial charge in [-0.05, 0) is 30.0 Å². The summed E-state index contributed by atoms with van der Waals surface area (Å²) < 4.78 is 0.963. The first-order valence-electron chi connectivity index (χ1n) is 6.65. The van der Waals surface area contributed by atoms with E-state index < -0.39 is 0 Å². The van der Waals surface area contributed by atoms with Crippen LogP contribution in [0.25, 0.3) is 10.4 Å². The van der Waals surface area contributed by atoms with Crippen molar-refractivity contribution in [2.24, 2.45) is 0 Å². The fraction of sp³-hybridized carbons (Fsp3) is 0.375. The van der Waals surface area contributed by atoms with Crippen molar-refractivity contribution in [3.8, 4) is 10.4 Å². The third-order valence-corrected chi connectivity index (χ3v) is 4.60. The van der Waals surface area contributed by atoms with Gasteiger partial charge >= 0.3 is 0 Å². The van der Waals surface area contributed by atoms with Crippen LogP contribution in [0.4, 0.5) is 0 Å². The van der Waals surface area contributed by atoms with Gasteiger partial charge in [0.05, 0.1) is 4.34 Å². The average molecular weight is 279 g/mol. The standard InChI is InChI=1S/C16H19ClS/c1-2-3-4-6-11-14-12-15(18-16(14)17)13-9-7-5-8-10-13/h5,7-10,12H,2-4,6,11H2,1H3. The molecule has 0 N–H and O–H groups in total. The Morgan fingerprint density at radius 2 is 1.83 bits per heavy atom. The average Bonchev–Trinajstić information content (AvgIpc) is 2.77. The van der Waals surface area contributed by atoms with Crippen LogP contribution >= 0.6 is 22.9 Å². The zero-order chi connectivity index (χ0) is 12.8. The summed E-state index contributed by atoms with van der Waals surface area (Å²) in [5, 5.41) is 0. The third kappa shape index (κ3) is 3.60. The zero-order valence-electron chi connectivity index (χ0n) is 10.8. The Morgan fingerprint density at radius 1 is 1.06 bits per heavy atom. The maximum Gasteiger partial charge on any atom is 0.0966 e. The Balaban J connectivity index is 2.03. The van der Waals surface area contributed by atoms with E-state index in [0.717, 1.165) is 10.8 Å². The van der Waals surface area contributed by atoms with E-state index in [9.17, 15) is 0 Å². The summed E-state index contributed by atoms with van der Waals surface area (Å²) in [4.78, 5) is 1.28. The maximum absolute atomic E-state index is 6.33. The predicted octanol–water partition coefficient (Wildman–Crippen LogP) is 6.19. The van der Waals surface area contributed by atoms with E-state index in [1.807, 2.05) is 6.07 Å². The molecule has 0 unspecified atom stereocenters. The molecule has 96 valence electrons. The lowest BCUT2D eigenvalue weighted by molar-refractivity contribution is 0.667. The molecule has 18 heavy (non-hydrogen) atoms. The lowest BCUT2D eigenvalue weighted by Gasteiger charge is -1.98. The van der Waals surface area contributed by atoms with Crippen molar-refractivity contribution >= 4 is 22.9 Å². The van der Waals surface area contributed by atoms with E-state index in [4.69, 9.17) is 11.6 Å². The minimum atomic E-state index is 0.963. The molecule has 0 atom stereocenters. The van der Waals surface area contributed by atoms with Crippen LogP contribution in [0.1, 0.15) is 38.2 Å². The van der Waals surface area contributed by atoms with E-state index in [0.29, 0.717) is 0 Å². The second-order valence-electron chi connectivity index (χ2n) is 4.59. The van der Waals surface area contributed by atoms with Gasteiger partial charge in [0.15, 0.2) is 0 Å². The van der Waals surface area contributed by atoms with Gasteiger partial charge in [-0.25, -0.2) is 0 Å². The van der Waals surface area contributed by atoms with E-state index in [1.165, 1.54) is 41.7 Å². The topological polar surface area (TPSA) is 0 Å². The summed E-state index contributed by atoms with van der Waals surface area (Å²) in [5.41, 5.74) is 2.58. The molecule has 1 aromatic carbocycles. The van der Waals surface area contributed by atoms with E-state index >= 15 is 0 Å². The number of thiophene rings is 1. The van der Waals surface area contributed by atoms with Crippen molar-refractivity contribution in [1.29, 1.82) is 0 Å². The van der Waals surface area contributed by atoms with Gasteiger partial charge in [-0.1, -0.05) is 68.1 Å². The first-order chi connectivity index (χ1) is 8.81. The fourth-order valence-electron chi connectivity index (χ4n) is 2.06. The van der Waals surface area contributed by atoms with Crippen molar-refractivity contribution in [2.45, 2.75) is 39.0 Å². The number of rotatable bonds is 6.